The Morgan fingerprint density at radius 1 is 1.12 bits per heavy atom. The zero-order valence-electron chi connectivity index (χ0n) is 18.7. The van der Waals surface area contributed by atoms with Gasteiger partial charge in [0.1, 0.15) is 12.7 Å². The number of nitrogens with one attached hydrogen (secondary N) is 1. The molecule has 5 rings (SSSR count). The Morgan fingerprint density at radius 3 is 2.62 bits per heavy atom. The standard InChI is InChI=1S/C23H21N5O6/c1-12-25-18(34-26-12)10-24-17(29)11-27-21-14-8-9-16(32-2)20(33-3)19(14)23(31)28(21)15-7-5-4-6-13(15)22(27)30/h4-9,21H,10-11H2,1-3H3,(H,24,29)/t21-/m0/s1. The molecule has 2 aromatic carbocycles. The van der Waals surface area contributed by atoms with Crippen molar-refractivity contribution in [2.24, 2.45) is 0 Å². The summed E-state index contributed by atoms with van der Waals surface area (Å²) in [4.78, 5) is 46.8. The molecule has 11 nitrogen and oxygen atoms in total. The van der Waals surface area contributed by atoms with E-state index < -0.39 is 12.1 Å². The summed E-state index contributed by atoms with van der Waals surface area (Å²) in [5, 5.41) is 6.37. The maximum Gasteiger partial charge on any atom is 0.264 e. The minimum Gasteiger partial charge on any atom is -0.493 e. The maximum atomic E-state index is 13.6. The molecule has 11 heteroatoms. The van der Waals surface area contributed by atoms with Crippen molar-refractivity contribution in [3.63, 3.8) is 0 Å². The number of aryl methyl sites for hydroxylation is 1. The van der Waals surface area contributed by atoms with Crippen molar-refractivity contribution in [3.8, 4) is 11.5 Å². The minimum atomic E-state index is -0.818. The number of carbonyl (C=O) groups is 3. The number of aromatic nitrogens is 2. The van der Waals surface area contributed by atoms with Gasteiger partial charge in [0.15, 0.2) is 17.3 Å². The number of amides is 3. The lowest BCUT2D eigenvalue weighted by Crippen LogP contribution is -2.51. The molecular formula is C23H21N5O6. The van der Waals surface area contributed by atoms with Gasteiger partial charge >= 0.3 is 0 Å². The molecule has 0 bridgehead atoms. The third-order valence-corrected chi connectivity index (χ3v) is 5.80. The van der Waals surface area contributed by atoms with Crippen LogP contribution in [0.5, 0.6) is 11.5 Å². The number of nitrogens with zero attached hydrogens (tertiary/aromatic N) is 4. The Kier molecular flexibility index (Phi) is 5.16. The van der Waals surface area contributed by atoms with Gasteiger partial charge in [-0.1, -0.05) is 23.4 Å². The van der Waals surface area contributed by atoms with Gasteiger partial charge in [-0.15, -0.1) is 0 Å². The van der Waals surface area contributed by atoms with Crippen molar-refractivity contribution < 1.29 is 28.4 Å². The van der Waals surface area contributed by atoms with E-state index in [2.05, 4.69) is 15.5 Å². The number of hydrogen-bond acceptors (Lipinski definition) is 8. The molecule has 0 saturated carbocycles. The van der Waals surface area contributed by atoms with Crippen LogP contribution < -0.4 is 19.7 Å². The second-order valence-corrected chi connectivity index (χ2v) is 7.78. The first kappa shape index (κ1) is 21.4. The first-order chi connectivity index (χ1) is 16.4. The molecule has 2 aliphatic rings. The van der Waals surface area contributed by atoms with E-state index in [0.717, 1.165) is 0 Å². The van der Waals surface area contributed by atoms with Crippen LogP contribution in [0.4, 0.5) is 5.69 Å². The summed E-state index contributed by atoms with van der Waals surface area (Å²) in [5.41, 5.74) is 1.64. The van der Waals surface area contributed by atoms with E-state index in [1.54, 1.807) is 43.3 Å². The molecule has 0 aliphatic carbocycles. The average Bonchev–Trinajstić information content (AvgIpc) is 3.40. The van der Waals surface area contributed by atoms with Crippen LogP contribution in [0.2, 0.25) is 0 Å². The maximum absolute atomic E-state index is 13.6. The highest BCUT2D eigenvalue weighted by atomic mass is 16.5. The summed E-state index contributed by atoms with van der Waals surface area (Å²) >= 11 is 0. The number of fused-ring (bicyclic) bond motifs is 5. The zero-order chi connectivity index (χ0) is 24.0. The van der Waals surface area contributed by atoms with Gasteiger partial charge in [0, 0.05) is 5.56 Å². The zero-order valence-corrected chi connectivity index (χ0v) is 18.7. The van der Waals surface area contributed by atoms with E-state index >= 15 is 0 Å². The molecule has 0 spiro atoms. The molecule has 1 atom stereocenters. The lowest BCUT2D eigenvalue weighted by molar-refractivity contribution is -0.122. The van der Waals surface area contributed by atoms with E-state index in [0.29, 0.717) is 34.0 Å². The molecule has 0 saturated heterocycles. The molecule has 3 amide bonds. The Hall–Kier alpha value is -4.41. The van der Waals surface area contributed by atoms with Gasteiger partial charge < -0.3 is 24.2 Å². The summed E-state index contributed by atoms with van der Waals surface area (Å²) < 4.78 is 15.9. The molecule has 2 aliphatic heterocycles. The number of ether oxygens (including phenoxy) is 2. The highest BCUT2D eigenvalue weighted by Gasteiger charge is 2.50. The summed E-state index contributed by atoms with van der Waals surface area (Å²) in [6.07, 6.45) is -0.818. The molecular weight excluding hydrogens is 442 g/mol. The first-order valence-electron chi connectivity index (χ1n) is 10.5. The Labute approximate surface area is 194 Å². The van der Waals surface area contributed by atoms with Gasteiger partial charge in [0.05, 0.1) is 37.6 Å². The van der Waals surface area contributed by atoms with Crippen molar-refractivity contribution in [3.05, 3.63) is 64.8 Å². The lowest BCUT2D eigenvalue weighted by Gasteiger charge is -2.40. The molecule has 3 aromatic rings. The molecule has 34 heavy (non-hydrogen) atoms. The number of rotatable bonds is 6. The first-order valence-corrected chi connectivity index (χ1v) is 10.5. The normalized spacial score (nSPS) is 16.1. The number of carbonyl (C=O) groups excluding carboxylic acids is 3. The fourth-order valence-electron chi connectivity index (χ4n) is 4.38. The van der Waals surface area contributed by atoms with Crippen molar-refractivity contribution in [1.29, 1.82) is 0 Å². The lowest BCUT2D eigenvalue weighted by atomic mass is 10.0. The second kappa shape index (κ2) is 8.18. The van der Waals surface area contributed by atoms with Crippen LogP contribution in [0.1, 0.15) is 44.2 Å². The van der Waals surface area contributed by atoms with E-state index in [4.69, 9.17) is 14.0 Å². The SMILES string of the molecule is COc1ccc2c(c1OC)C(=O)N1c3ccccc3C(=O)N(CC(=O)NCc3nc(C)no3)[C@H]21. The highest BCUT2D eigenvalue weighted by Crippen LogP contribution is 2.49. The topological polar surface area (TPSA) is 127 Å². The number of methoxy groups -OCH3 is 2. The van der Waals surface area contributed by atoms with Crippen LogP contribution in [0.15, 0.2) is 40.9 Å². The van der Waals surface area contributed by atoms with Gasteiger partial charge in [-0.2, -0.15) is 4.98 Å². The number of hydrogen-bond donors (Lipinski definition) is 1. The van der Waals surface area contributed by atoms with Crippen LogP contribution >= 0.6 is 0 Å². The highest BCUT2D eigenvalue weighted by molar-refractivity contribution is 6.18. The average molecular weight is 463 g/mol. The smallest absolute Gasteiger partial charge is 0.264 e. The number of para-hydroxylation sites is 1. The monoisotopic (exact) mass is 463 g/mol. The van der Waals surface area contributed by atoms with Gasteiger partial charge in [0.25, 0.3) is 11.8 Å². The fourth-order valence-corrected chi connectivity index (χ4v) is 4.38. The van der Waals surface area contributed by atoms with E-state index in [9.17, 15) is 14.4 Å². The second-order valence-electron chi connectivity index (χ2n) is 7.78. The minimum absolute atomic E-state index is 0.0210. The molecule has 0 radical (unpaired) electrons. The third kappa shape index (κ3) is 3.24. The molecule has 0 fully saturated rings. The number of benzene rings is 2. The molecule has 174 valence electrons. The van der Waals surface area contributed by atoms with Crippen LogP contribution in [0, 0.1) is 6.92 Å². The predicted octanol–water partition coefficient (Wildman–Crippen LogP) is 1.83. The summed E-state index contributed by atoms with van der Waals surface area (Å²) in [7, 11) is 2.93. The van der Waals surface area contributed by atoms with E-state index in [-0.39, 0.29) is 36.5 Å². The number of anilines is 1. The Bertz CT molecular complexity index is 1320. The molecule has 3 heterocycles. The van der Waals surface area contributed by atoms with Crippen molar-refractivity contribution in [2.45, 2.75) is 19.6 Å². The Morgan fingerprint density at radius 2 is 1.91 bits per heavy atom. The van der Waals surface area contributed by atoms with E-state index in [1.165, 1.54) is 24.0 Å². The predicted molar refractivity (Wildman–Crippen MR) is 117 cm³/mol. The van der Waals surface area contributed by atoms with Gasteiger partial charge in [-0.3, -0.25) is 19.3 Å². The fraction of sp³-hybridized carbons (Fsp3) is 0.261. The van der Waals surface area contributed by atoms with Crippen LogP contribution in [-0.4, -0.2) is 53.5 Å². The molecule has 1 aromatic heterocycles. The third-order valence-electron chi connectivity index (χ3n) is 5.80. The quantitative estimate of drug-likeness (QED) is 0.587. The summed E-state index contributed by atoms with van der Waals surface area (Å²) in [6, 6.07) is 10.2. The van der Waals surface area contributed by atoms with Crippen LogP contribution in [-0.2, 0) is 11.3 Å². The van der Waals surface area contributed by atoms with Gasteiger partial charge in [0.2, 0.25) is 11.8 Å². The Balaban J connectivity index is 1.53. The molecule has 0 unspecified atom stereocenters. The van der Waals surface area contributed by atoms with Crippen LogP contribution in [0.3, 0.4) is 0 Å². The molecule has 1 N–H and O–H groups in total. The van der Waals surface area contributed by atoms with Gasteiger partial charge in [-0.05, 0) is 25.1 Å². The van der Waals surface area contributed by atoms with E-state index in [1.807, 2.05) is 0 Å². The van der Waals surface area contributed by atoms with Crippen molar-refractivity contribution in [2.75, 3.05) is 25.7 Å². The van der Waals surface area contributed by atoms with Crippen LogP contribution in [0.25, 0.3) is 0 Å². The summed E-state index contributed by atoms with van der Waals surface area (Å²) in [6.45, 7) is 1.40. The largest absolute Gasteiger partial charge is 0.493 e. The van der Waals surface area contributed by atoms with Gasteiger partial charge in [-0.25, -0.2) is 0 Å². The summed E-state index contributed by atoms with van der Waals surface area (Å²) in [5.74, 6) is 0.228. The van der Waals surface area contributed by atoms with Crippen molar-refractivity contribution in [1.82, 2.24) is 20.4 Å². The van der Waals surface area contributed by atoms with Crippen molar-refractivity contribution >= 4 is 23.4 Å².